The first-order valence-corrected chi connectivity index (χ1v) is 10.2. The lowest BCUT2D eigenvalue weighted by atomic mass is 9.91. The molecule has 1 aliphatic rings. The molecule has 4 rings (SSSR count). The van der Waals surface area contributed by atoms with Crippen LogP contribution in [0.5, 0.6) is 0 Å². The number of fused-ring (bicyclic) bond motifs is 1. The molecule has 0 radical (unpaired) electrons. The van der Waals surface area contributed by atoms with E-state index in [2.05, 4.69) is 4.98 Å². The monoisotopic (exact) mass is 428 g/mol. The van der Waals surface area contributed by atoms with Gasteiger partial charge in [0, 0.05) is 57.8 Å². The number of benzene rings is 1. The molecule has 3 heterocycles. The number of aromatic nitrogens is 2. The summed E-state index contributed by atoms with van der Waals surface area (Å²) in [5.41, 5.74) is 1.82. The molecule has 1 unspecified atom stereocenters. The lowest BCUT2D eigenvalue weighted by Crippen LogP contribution is -2.50. The van der Waals surface area contributed by atoms with Crippen LogP contribution in [0, 0.1) is 5.82 Å². The third kappa shape index (κ3) is 4.03. The van der Waals surface area contributed by atoms with E-state index >= 15 is 0 Å². The number of amides is 2. The van der Waals surface area contributed by atoms with E-state index in [0.717, 1.165) is 0 Å². The molecule has 3 aromatic rings. The molecule has 1 aromatic carbocycles. The Bertz CT molecular complexity index is 1090. The number of carbonyl (C=O) groups excluding carboxylic acids is 2. The molecule has 1 atom stereocenters. The Kier molecular flexibility index (Phi) is 5.72. The van der Waals surface area contributed by atoms with Gasteiger partial charge in [-0.2, -0.15) is 0 Å². The van der Waals surface area contributed by atoms with Crippen molar-refractivity contribution < 1.29 is 14.0 Å². The molecule has 0 spiro atoms. The van der Waals surface area contributed by atoms with Crippen molar-refractivity contribution in [2.75, 3.05) is 26.2 Å². The second kappa shape index (κ2) is 8.44. The second-order valence-electron chi connectivity index (χ2n) is 7.42. The van der Waals surface area contributed by atoms with E-state index in [1.165, 1.54) is 13.0 Å². The fourth-order valence-corrected chi connectivity index (χ4v) is 4.10. The summed E-state index contributed by atoms with van der Waals surface area (Å²) in [5, 5.41) is 0.528. The fraction of sp³-hybridized carbons (Fsp3) is 0.318. The molecule has 6 nitrogen and oxygen atoms in total. The standard InChI is InChI=1S/C22H22ClFN4O2/c1-15(29)26-8-10-27(11-9-26)22(30)12-18(17-4-2-3-5-19(17)24)20-13-25-21-7-6-16(23)14-28(20)21/h2-7,13-14,18H,8-12H2,1H3. The van der Waals surface area contributed by atoms with Crippen LogP contribution < -0.4 is 0 Å². The Balaban J connectivity index is 1.65. The van der Waals surface area contributed by atoms with Crippen molar-refractivity contribution >= 4 is 29.1 Å². The highest BCUT2D eigenvalue weighted by Crippen LogP contribution is 2.32. The van der Waals surface area contributed by atoms with Crippen LogP contribution in [0.2, 0.25) is 5.02 Å². The first-order valence-electron chi connectivity index (χ1n) is 9.84. The van der Waals surface area contributed by atoms with E-state index < -0.39 is 5.92 Å². The summed E-state index contributed by atoms with van der Waals surface area (Å²) in [6.45, 7) is 3.50. The van der Waals surface area contributed by atoms with Gasteiger partial charge in [-0.05, 0) is 23.8 Å². The first kappa shape index (κ1) is 20.3. The molecule has 0 aliphatic carbocycles. The van der Waals surface area contributed by atoms with Gasteiger partial charge in [0.15, 0.2) is 0 Å². The van der Waals surface area contributed by atoms with E-state index in [1.54, 1.807) is 56.9 Å². The molecule has 8 heteroatoms. The molecule has 1 aliphatic heterocycles. The predicted octanol–water partition coefficient (Wildman–Crippen LogP) is 3.34. The number of pyridine rings is 1. The van der Waals surface area contributed by atoms with Crippen molar-refractivity contribution in [3.63, 3.8) is 0 Å². The molecule has 2 aromatic heterocycles. The number of halogens is 2. The maximum absolute atomic E-state index is 14.7. The smallest absolute Gasteiger partial charge is 0.223 e. The van der Waals surface area contributed by atoms with E-state index in [1.807, 2.05) is 0 Å². The van der Waals surface area contributed by atoms with Gasteiger partial charge in [0.25, 0.3) is 0 Å². The Morgan fingerprint density at radius 3 is 2.50 bits per heavy atom. The van der Waals surface area contributed by atoms with Crippen LogP contribution in [0.4, 0.5) is 4.39 Å². The van der Waals surface area contributed by atoms with Crippen molar-refractivity contribution in [2.24, 2.45) is 0 Å². The van der Waals surface area contributed by atoms with Crippen LogP contribution in [0.3, 0.4) is 0 Å². The van der Waals surface area contributed by atoms with Gasteiger partial charge in [-0.3, -0.25) is 9.59 Å². The van der Waals surface area contributed by atoms with Crippen LogP contribution in [-0.2, 0) is 9.59 Å². The lowest BCUT2D eigenvalue weighted by Gasteiger charge is -2.35. The Morgan fingerprint density at radius 1 is 1.10 bits per heavy atom. The zero-order valence-corrected chi connectivity index (χ0v) is 17.3. The minimum absolute atomic E-state index is 0.00828. The molecule has 0 bridgehead atoms. The molecule has 156 valence electrons. The predicted molar refractivity (Wildman–Crippen MR) is 112 cm³/mol. The van der Waals surface area contributed by atoms with Gasteiger partial charge in [0.05, 0.1) is 10.7 Å². The summed E-state index contributed by atoms with van der Waals surface area (Å²) in [4.78, 5) is 32.5. The van der Waals surface area contributed by atoms with Gasteiger partial charge < -0.3 is 14.2 Å². The van der Waals surface area contributed by atoms with Gasteiger partial charge >= 0.3 is 0 Å². The highest BCUT2D eigenvalue weighted by Gasteiger charge is 2.28. The van der Waals surface area contributed by atoms with Gasteiger partial charge in [-0.1, -0.05) is 29.8 Å². The van der Waals surface area contributed by atoms with Crippen molar-refractivity contribution in [3.05, 3.63) is 70.9 Å². The van der Waals surface area contributed by atoms with Crippen molar-refractivity contribution in [1.82, 2.24) is 19.2 Å². The number of rotatable bonds is 4. The molecular formula is C22H22ClFN4O2. The topological polar surface area (TPSA) is 57.9 Å². The van der Waals surface area contributed by atoms with E-state index in [-0.39, 0.29) is 24.1 Å². The van der Waals surface area contributed by atoms with Crippen molar-refractivity contribution in [2.45, 2.75) is 19.3 Å². The Morgan fingerprint density at radius 2 is 1.80 bits per heavy atom. The number of hydrogen-bond acceptors (Lipinski definition) is 3. The molecule has 1 saturated heterocycles. The lowest BCUT2D eigenvalue weighted by molar-refractivity contribution is -0.138. The number of imidazole rings is 1. The Labute approximate surface area is 178 Å². The number of piperazine rings is 1. The van der Waals surface area contributed by atoms with Gasteiger partial charge in [-0.15, -0.1) is 0 Å². The second-order valence-corrected chi connectivity index (χ2v) is 7.86. The maximum atomic E-state index is 14.7. The number of carbonyl (C=O) groups is 2. The number of nitrogens with zero attached hydrogens (tertiary/aromatic N) is 4. The highest BCUT2D eigenvalue weighted by molar-refractivity contribution is 6.30. The van der Waals surface area contributed by atoms with Crippen LogP contribution >= 0.6 is 11.6 Å². The summed E-state index contributed by atoms with van der Waals surface area (Å²) >= 11 is 6.17. The van der Waals surface area contributed by atoms with Crippen LogP contribution in [-0.4, -0.2) is 57.2 Å². The average molecular weight is 429 g/mol. The van der Waals surface area contributed by atoms with Crippen LogP contribution in [0.1, 0.15) is 30.5 Å². The quantitative estimate of drug-likeness (QED) is 0.640. The van der Waals surface area contributed by atoms with E-state index in [9.17, 15) is 14.0 Å². The highest BCUT2D eigenvalue weighted by atomic mass is 35.5. The van der Waals surface area contributed by atoms with E-state index in [4.69, 9.17) is 11.6 Å². The first-order chi connectivity index (χ1) is 14.4. The van der Waals surface area contributed by atoms with E-state index in [0.29, 0.717) is 48.1 Å². The molecule has 0 N–H and O–H groups in total. The Hall–Kier alpha value is -2.93. The van der Waals surface area contributed by atoms with Crippen LogP contribution in [0.15, 0.2) is 48.8 Å². The summed E-state index contributed by atoms with van der Waals surface area (Å²) in [6, 6.07) is 10.0. The summed E-state index contributed by atoms with van der Waals surface area (Å²) < 4.78 is 16.5. The van der Waals surface area contributed by atoms with Crippen molar-refractivity contribution in [1.29, 1.82) is 0 Å². The fourth-order valence-electron chi connectivity index (χ4n) is 3.94. The molecule has 0 saturated carbocycles. The summed E-state index contributed by atoms with van der Waals surface area (Å²) in [5.74, 6) is -0.955. The largest absolute Gasteiger partial charge is 0.339 e. The number of hydrogen-bond donors (Lipinski definition) is 0. The average Bonchev–Trinajstić information content (AvgIpc) is 3.15. The zero-order chi connectivity index (χ0) is 21.3. The molecule has 2 amide bonds. The molecular weight excluding hydrogens is 407 g/mol. The van der Waals surface area contributed by atoms with Crippen molar-refractivity contribution in [3.8, 4) is 0 Å². The maximum Gasteiger partial charge on any atom is 0.223 e. The molecule has 1 fully saturated rings. The van der Waals surface area contributed by atoms with Gasteiger partial charge in [-0.25, -0.2) is 9.37 Å². The SMILES string of the molecule is CC(=O)N1CCN(C(=O)CC(c2ccccc2F)c2cnc3ccc(Cl)cn23)CC1. The summed E-state index contributed by atoms with van der Waals surface area (Å²) in [7, 11) is 0. The van der Waals surface area contributed by atoms with Crippen LogP contribution in [0.25, 0.3) is 5.65 Å². The third-order valence-corrected chi connectivity index (χ3v) is 5.82. The zero-order valence-electron chi connectivity index (χ0n) is 16.6. The normalized spacial score (nSPS) is 15.4. The molecule has 30 heavy (non-hydrogen) atoms. The van der Waals surface area contributed by atoms with Gasteiger partial charge in [0.1, 0.15) is 11.5 Å². The summed E-state index contributed by atoms with van der Waals surface area (Å²) in [6.07, 6.45) is 3.49. The van der Waals surface area contributed by atoms with Gasteiger partial charge in [0.2, 0.25) is 11.8 Å². The third-order valence-electron chi connectivity index (χ3n) is 5.59. The minimum atomic E-state index is -0.516. The minimum Gasteiger partial charge on any atom is -0.339 e.